The van der Waals surface area contributed by atoms with Crippen LogP contribution < -0.4 is 5.32 Å². The number of benzene rings is 1. The molecule has 1 aromatic rings. The predicted octanol–water partition coefficient (Wildman–Crippen LogP) is 2.40. The Hall–Kier alpha value is -1.49. The van der Waals surface area contributed by atoms with Gasteiger partial charge in [-0.05, 0) is 44.2 Å². The van der Waals surface area contributed by atoms with Crippen LogP contribution in [0.25, 0.3) is 0 Å². The van der Waals surface area contributed by atoms with Crippen LogP contribution in [-0.4, -0.2) is 45.8 Å². The molecular weight excluding hydrogens is 320 g/mol. The van der Waals surface area contributed by atoms with Crippen molar-refractivity contribution in [3.05, 3.63) is 35.4 Å². The summed E-state index contributed by atoms with van der Waals surface area (Å²) in [6.07, 6.45) is 2.76. The van der Waals surface area contributed by atoms with Gasteiger partial charge in [-0.1, -0.05) is 31.2 Å². The Labute approximate surface area is 148 Å². The average molecular weight is 346 g/mol. The molecular formula is C19H26N2O2S. The van der Waals surface area contributed by atoms with Gasteiger partial charge >= 0.3 is 0 Å². The minimum atomic E-state index is -0.448. The summed E-state index contributed by atoms with van der Waals surface area (Å²) < 4.78 is -0.448. The van der Waals surface area contributed by atoms with E-state index in [1.54, 1.807) is 11.8 Å². The lowest BCUT2D eigenvalue weighted by atomic mass is 10.1. The maximum atomic E-state index is 13.1. The zero-order valence-corrected chi connectivity index (χ0v) is 15.5. The molecule has 1 saturated heterocycles. The third kappa shape index (κ3) is 3.32. The highest BCUT2D eigenvalue weighted by atomic mass is 32.2. The largest absolute Gasteiger partial charge is 0.342 e. The highest BCUT2D eigenvalue weighted by Gasteiger charge is 2.40. The van der Waals surface area contributed by atoms with Crippen LogP contribution in [-0.2, 0) is 22.4 Å². The third-order valence-electron chi connectivity index (χ3n) is 4.98. The Bertz CT molecular complexity index is 619. The molecule has 1 atom stereocenters. The van der Waals surface area contributed by atoms with Gasteiger partial charge in [0.05, 0.1) is 4.75 Å². The van der Waals surface area contributed by atoms with Gasteiger partial charge in [0.2, 0.25) is 11.8 Å². The molecule has 130 valence electrons. The lowest BCUT2D eigenvalue weighted by molar-refractivity contribution is -0.138. The molecule has 24 heavy (non-hydrogen) atoms. The summed E-state index contributed by atoms with van der Waals surface area (Å²) in [6, 6.07) is 8.26. The highest BCUT2D eigenvalue weighted by Crippen LogP contribution is 2.31. The van der Waals surface area contributed by atoms with Crippen LogP contribution in [0.4, 0.5) is 0 Å². The number of carbonyl (C=O) groups excluding carboxylic acids is 2. The van der Waals surface area contributed by atoms with Gasteiger partial charge in [0.25, 0.3) is 0 Å². The molecule has 0 saturated carbocycles. The van der Waals surface area contributed by atoms with Crippen molar-refractivity contribution in [2.75, 3.05) is 12.3 Å². The van der Waals surface area contributed by atoms with Crippen molar-refractivity contribution in [3.8, 4) is 0 Å². The molecule has 2 amide bonds. The zero-order chi connectivity index (χ0) is 17.3. The minimum absolute atomic E-state index is 0.0387. The first kappa shape index (κ1) is 17.3. The van der Waals surface area contributed by atoms with Crippen molar-refractivity contribution in [2.24, 2.45) is 0 Å². The fraction of sp³-hybridized carbons (Fsp3) is 0.579. The van der Waals surface area contributed by atoms with Gasteiger partial charge in [0, 0.05) is 18.3 Å². The molecule has 0 aromatic heterocycles. The van der Waals surface area contributed by atoms with Crippen LogP contribution in [0, 0.1) is 0 Å². The summed E-state index contributed by atoms with van der Waals surface area (Å²) in [5.41, 5.74) is 2.69. The quantitative estimate of drug-likeness (QED) is 0.911. The van der Waals surface area contributed by atoms with Crippen molar-refractivity contribution < 1.29 is 9.59 Å². The molecule has 4 nitrogen and oxygen atoms in total. The number of hydrogen-bond donors (Lipinski definition) is 1. The number of carbonyl (C=O) groups is 2. The molecule has 0 bridgehead atoms. The summed E-state index contributed by atoms with van der Waals surface area (Å²) in [5, 5.41) is 2.94. The van der Waals surface area contributed by atoms with E-state index < -0.39 is 10.8 Å². The normalized spacial score (nSPS) is 22.8. The van der Waals surface area contributed by atoms with E-state index in [1.165, 1.54) is 11.1 Å². The monoisotopic (exact) mass is 346 g/mol. The van der Waals surface area contributed by atoms with Crippen LogP contribution in [0.5, 0.6) is 0 Å². The molecule has 1 fully saturated rings. The first-order valence-electron chi connectivity index (χ1n) is 8.74. The minimum Gasteiger partial charge on any atom is -0.342 e. The van der Waals surface area contributed by atoms with Gasteiger partial charge in [0.15, 0.2) is 0 Å². The van der Waals surface area contributed by atoms with E-state index in [9.17, 15) is 9.59 Å². The molecule has 1 heterocycles. The van der Waals surface area contributed by atoms with Crippen molar-refractivity contribution in [1.29, 1.82) is 0 Å². The second-order valence-electron chi connectivity index (χ2n) is 7.21. The smallest absolute Gasteiger partial charge is 0.246 e. The van der Waals surface area contributed by atoms with Gasteiger partial charge in [-0.2, -0.15) is 0 Å². The van der Waals surface area contributed by atoms with Gasteiger partial charge in [0.1, 0.15) is 6.04 Å². The van der Waals surface area contributed by atoms with E-state index in [2.05, 4.69) is 36.5 Å². The van der Waals surface area contributed by atoms with Crippen molar-refractivity contribution in [3.63, 3.8) is 0 Å². The van der Waals surface area contributed by atoms with Crippen molar-refractivity contribution >= 4 is 23.6 Å². The van der Waals surface area contributed by atoms with Crippen LogP contribution in [0.3, 0.4) is 0 Å². The van der Waals surface area contributed by atoms with Gasteiger partial charge in [-0.25, -0.2) is 0 Å². The van der Waals surface area contributed by atoms with E-state index in [0.717, 1.165) is 25.8 Å². The Morgan fingerprint density at radius 3 is 2.46 bits per heavy atom. The number of hydrogen-bond acceptors (Lipinski definition) is 3. The molecule has 1 aromatic carbocycles. The van der Waals surface area contributed by atoms with E-state index in [0.29, 0.717) is 5.75 Å². The molecule has 1 aliphatic heterocycles. The lowest BCUT2D eigenvalue weighted by Gasteiger charge is -2.37. The number of nitrogens with one attached hydrogen (secondary N) is 1. The number of fused-ring (bicyclic) bond motifs is 1. The Kier molecular flexibility index (Phi) is 4.90. The Morgan fingerprint density at radius 2 is 1.92 bits per heavy atom. The molecule has 2 aliphatic rings. The highest BCUT2D eigenvalue weighted by molar-refractivity contribution is 8.01. The first-order valence-corrected chi connectivity index (χ1v) is 9.73. The molecule has 3 rings (SSSR count). The van der Waals surface area contributed by atoms with E-state index in [4.69, 9.17) is 0 Å². The summed E-state index contributed by atoms with van der Waals surface area (Å²) in [5.74, 6) is 0.687. The first-order chi connectivity index (χ1) is 11.4. The second-order valence-corrected chi connectivity index (χ2v) is 8.85. The van der Waals surface area contributed by atoms with E-state index in [1.807, 2.05) is 18.7 Å². The maximum Gasteiger partial charge on any atom is 0.246 e. The summed E-state index contributed by atoms with van der Waals surface area (Å²) in [6.45, 7) is 6.66. The summed E-state index contributed by atoms with van der Waals surface area (Å²) in [7, 11) is 0. The fourth-order valence-corrected chi connectivity index (χ4v) is 4.53. The van der Waals surface area contributed by atoms with Gasteiger partial charge in [-0.3, -0.25) is 9.59 Å². The Balaban J connectivity index is 1.72. The zero-order valence-electron chi connectivity index (χ0n) is 14.7. The van der Waals surface area contributed by atoms with Crippen LogP contribution in [0.2, 0.25) is 0 Å². The maximum absolute atomic E-state index is 13.1. The number of nitrogens with zero attached hydrogens (tertiary/aromatic N) is 1. The molecule has 1 unspecified atom stereocenters. The fourth-order valence-electron chi connectivity index (χ4n) is 3.53. The second kappa shape index (κ2) is 6.79. The van der Waals surface area contributed by atoms with Gasteiger partial charge in [-0.15, -0.1) is 11.8 Å². The standard InChI is InChI=1S/C19H26N2O2S/c1-4-9-21(15-10-13-7-5-6-8-14(13)11-15)17(22)16-12-24-19(2,3)18(23)20-16/h5-8,15-16H,4,9-12H2,1-3H3,(H,20,23). The van der Waals surface area contributed by atoms with Crippen molar-refractivity contribution in [2.45, 2.75) is 56.9 Å². The molecule has 1 N–H and O–H groups in total. The van der Waals surface area contributed by atoms with E-state index in [-0.39, 0.29) is 17.9 Å². The SMILES string of the molecule is CCCN(C(=O)C1CSC(C)(C)C(=O)N1)C1Cc2ccccc2C1. The summed E-state index contributed by atoms with van der Waals surface area (Å²) in [4.78, 5) is 27.3. The molecule has 5 heteroatoms. The molecule has 0 radical (unpaired) electrons. The van der Waals surface area contributed by atoms with Gasteiger partial charge < -0.3 is 10.2 Å². The number of amides is 2. The third-order valence-corrected chi connectivity index (χ3v) is 6.39. The molecule has 1 aliphatic carbocycles. The lowest BCUT2D eigenvalue weighted by Crippen LogP contribution is -2.59. The van der Waals surface area contributed by atoms with E-state index >= 15 is 0 Å². The number of rotatable bonds is 4. The van der Waals surface area contributed by atoms with Crippen LogP contribution in [0.15, 0.2) is 24.3 Å². The number of thioether (sulfide) groups is 1. The predicted molar refractivity (Wildman–Crippen MR) is 98.1 cm³/mol. The average Bonchev–Trinajstić information content (AvgIpc) is 2.98. The topological polar surface area (TPSA) is 49.4 Å². The Morgan fingerprint density at radius 1 is 1.29 bits per heavy atom. The summed E-state index contributed by atoms with van der Waals surface area (Å²) >= 11 is 1.57. The van der Waals surface area contributed by atoms with Crippen LogP contribution >= 0.6 is 11.8 Å². The molecule has 0 spiro atoms. The van der Waals surface area contributed by atoms with Crippen molar-refractivity contribution in [1.82, 2.24) is 10.2 Å². The van der Waals surface area contributed by atoms with Crippen LogP contribution in [0.1, 0.15) is 38.3 Å².